The van der Waals surface area contributed by atoms with Crippen LogP contribution in [-0.2, 0) is 0 Å². The summed E-state index contributed by atoms with van der Waals surface area (Å²) in [5, 5.41) is 3.37. The first-order chi connectivity index (χ1) is 4.08. The van der Waals surface area contributed by atoms with Gasteiger partial charge < -0.3 is 11.1 Å². The fourth-order valence-electron chi connectivity index (χ4n) is 0.695. The highest BCUT2D eigenvalue weighted by molar-refractivity contribution is 4.85. The van der Waals surface area contributed by atoms with Crippen LogP contribution < -0.4 is 11.1 Å². The van der Waals surface area contributed by atoms with E-state index in [4.69, 9.17) is 5.73 Å². The highest BCUT2D eigenvalue weighted by Crippen LogP contribution is 2.18. The molecule has 1 saturated carbocycles. The maximum absolute atomic E-state index is 5.75. The largest absolute Gasteiger partial charge is 0.324 e. The maximum atomic E-state index is 5.75. The van der Waals surface area contributed by atoms with E-state index in [1.54, 1.807) is 0 Å². The van der Waals surface area contributed by atoms with Crippen molar-refractivity contribution in [3.8, 4) is 0 Å². The van der Waals surface area contributed by atoms with E-state index in [-0.39, 0.29) is 5.54 Å². The van der Waals surface area contributed by atoms with E-state index < -0.39 is 0 Å². The van der Waals surface area contributed by atoms with Gasteiger partial charge in [0.1, 0.15) is 0 Å². The molecule has 0 amide bonds. The number of hydrogen-bond acceptors (Lipinski definition) is 2. The normalized spacial score (nSPS) is 20.3. The minimum Gasteiger partial charge on any atom is -0.324 e. The van der Waals surface area contributed by atoms with Gasteiger partial charge in [0.05, 0.1) is 0 Å². The summed E-state index contributed by atoms with van der Waals surface area (Å²) in [4.78, 5) is 0. The molecule has 1 fully saturated rings. The average Bonchev–Trinajstić information content (AvgIpc) is 2.38. The minimum absolute atomic E-state index is 0.0391. The van der Waals surface area contributed by atoms with Gasteiger partial charge in [0.15, 0.2) is 0 Å². The molecule has 1 rings (SSSR count). The first-order valence-electron chi connectivity index (χ1n) is 3.60. The predicted octanol–water partition coefficient (Wildman–Crippen LogP) is 0.476. The molecule has 0 unspecified atom stereocenters. The molecule has 0 saturated heterocycles. The van der Waals surface area contributed by atoms with Gasteiger partial charge in [-0.15, -0.1) is 0 Å². The summed E-state index contributed by atoms with van der Waals surface area (Å²) in [7, 11) is 0. The van der Waals surface area contributed by atoms with E-state index in [0.717, 1.165) is 12.6 Å². The highest BCUT2D eigenvalue weighted by Gasteiger charge is 2.22. The Morgan fingerprint density at radius 2 is 2.11 bits per heavy atom. The molecule has 3 N–H and O–H groups in total. The molecule has 0 aliphatic heterocycles. The van der Waals surface area contributed by atoms with Crippen LogP contribution in [0.5, 0.6) is 0 Å². The van der Waals surface area contributed by atoms with Gasteiger partial charge in [0.25, 0.3) is 0 Å². The van der Waals surface area contributed by atoms with Crippen molar-refractivity contribution in [2.45, 2.75) is 38.3 Å². The number of hydrogen-bond donors (Lipinski definition) is 2. The molecule has 0 bridgehead atoms. The maximum Gasteiger partial charge on any atom is 0.0223 e. The van der Waals surface area contributed by atoms with Crippen LogP contribution in [0, 0.1) is 0 Å². The second-order valence-corrected chi connectivity index (χ2v) is 3.64. The number of nitrogens with two attached hydrogens (primary N) is 1. The Morgan fingerprint density at radius 1 is 1.56 bits per heavy atom. The fourth-order valence-corrected chi connectivity index (χ4v) is 0.695. The van der Waals surface area contributed by atoms with Gasteiger partial charge in [0.2, 0.25) is 0 Å². The van der Waals surface area contributed by atoms with Crippen molar-refractivity contribution in [2.75, 3.05) is 6.54 Å². The van der Waals surface area contributed by atoms with E-state index in [0.29, 0.717) is 0 Å². The SMILES string of the molecule is CC(C)(N)CNC1CC1. The lowest BCUT2D eigenvalue weighted by Crippen LogP contribution is -2.43. The van der Waals surface area contributed by atoms with Crippen molar-refractivity contribution in [1.82, 2.24) is 5.32 Å². The van der Waals surface area contributed by atoms with Crippen molar-refractivity contribution in [3.05, 3.63) is 0 Å². The van der Waals surface area contributed by atoms with Crippen LogP contribution in [0.3, 0.4) is 0 Å². The van der Waals surface area contributed by atoms with E-state index in [1.807, 2.05) is 13.8 Å². The van der Waals surface area contributed by atoms with Crippen molar-refractivity contribution in [2.24, 2.45) is 5.73 Å². The Labute approximate surface area is 56.8 Å². The van der Waals surface area contributed by atoms with Crippen LogP contribution in [0.25, 0.3) is 0 Å². The molecule has 9 heavy (non-hydrogen) atoms. The Morgan fingerprint density at radius 3 is 2.44 bits per heavy atom. The van der Waals surface area contributed by atoms with Crippen molar-refractivity contribution in [3.63, 3.8) is 0 Å². The summed E-state index contributed by atoms with van der Waals surface area (Å²) in [6, 6.07) is 0.785. The number of rotatable bonds is 3. The monoisotopic (exact) mass is 128 g/mol. The molecule has 2 heteroatoms. The topological polar surface area (TPSA) is 38.0 Å². The molecule has 0 atom stereocenters. The van der Waals surface area contributed by atoms with E-state index in [9.17, 15) is 0 Å². The van der Waals surface area contributed by atoms with Crippen LogP contribution in [0.1, 0.15) is 26.7 Å². The zero-order chi connectivity index (χ0) is 6.91. The van der Waals surface area contributed by atoms with E-state index >= 15 is 0 Å². The summed E-state index contributed by atoms with van der Waals surface area (Å²) < 4.78 is 0. The van der Waals surface area contributed by atoms with Gasteiger partial charge in [-0.2, -0.15) is 0 Å². The molecular formula is C7H16N2. The lowest BCUT2D eigenvalue weighted by Gasteiger charge is -2.18. The Hall–Kier alpha value is -0.0800. The van der Waals surface area contributed by atoms with Crippen LogP contribution in [-0.4, -0.2) is 18.1 Å². The molecule has 0 heterocycles. The zero-order valence-electron chi connectivity index (χ0n) is 6.28. The molecule has 0 radical (unpaired) electrons. The van der Waals surface area contributed by atoms with E-state index in [2.05, 4.69) is 5.32 Å². The minimum atomic E-state index is -0.0391. The second-order valence-electron chi connectivity index (χ2n) is 3.64. The molecule has 0 aromatic carbocycles. The average molecular weight is 128 g/mol. The summed E-state index contributed by atoms with van der Waals surface area (Å²) >= 11 is 0. The van der Waals surface area contributed by atoms with Crippen LogP contribution >= 0.6 is 0 Å². The van der Waals surface area contributed by atoms with Gasteiger partial charge in [-0.1, -0.05) is 0 Å². The Kier molecular flexibility index (Phi) is 1.78. The summed E-state index contributed by atoms with van der Waals surface area (Å²) in [6.07, 6.45) is 2.69. The molecule has 1 aliphatic rings. The van der Waals surface area contributed by atoms with Crippen LogP contribution in [0.2, 0.25) is 0 Å². The van der Waals surface area contributed by atoms with Gasteiger partial charge >= 0.3 is 0 Å². The third-order valence-electron chi connectivity index (χ3n) is 1.42. The molecule has 54 valence electrons. The van der Waals surface area contributed by atoms with E-state index in [1.165, 1.54) is 12.8 Å². The summed E-state index contributed by atoms with van der Waals surface area (Å²) in [6.45, 7) is 5.03. The number of nitrogens with one attached hydrogen (secondary N) is 1. The molecule has 1 aliphatic carbocycles. The van der Waals surface area contributed by atoms with Gasteiger partial charge in [0, 0.05) is 18.1 Å². The third kappa shape index (κ3) is 3.49. The van der Waals surface area contributed by atoms with Crippen LogP contribution in [0.4, 0.5) is 0 Å². The van der Waals surface area contributed by atoms with Crippen molar-refractivity contribution < 1.29 is 0 Å². The molecule has 2 nitrogen and oxygen atoms in total. The fraction of sp³-hybridized carbons (Fsp3) is 1.00. The molecule has 0 aromatic rings. The highest BCUT2D eigenvalue weighted by atomic mass is 15.0. The van der Waals surface area contributed by atoms with Gasteiger partial charge in [-0.3, -0.25) is 0 Å². The predicted molar refractivity (Wildman–Crippen MR) is 39.3 cm³/mol. The zero-order valence-corrected chi connectivity index (χ0v) is 6.28. The molecule has 0 spiro atoms. The second kappa shape index (κ2) is 2.27. The lowest BCUT2D eigenvalue weighted by molar-refractivity contribution is 0.465. The van der Waals surface area contributed by atoms with Gasteiger partial charge in [-0.25, -0.2) is 0 Å². The lowest BCUT2D eigenvalue weighted by atomic mass is 10.1. The van der Waals surface area contributed by atoms with Crippen molar-refractivity contribution >= 4 is 0 Å². The smallest absolute Gasteiger partial charge is 0.0223 e. The van der Waals surface area contributed by atoms with Gasteiger partial charge in [-0.05, 0) is 26.7 Å². The molecule has 0 aromatic heterocycles. The summed E-state index contributed by atoms with van der Waals surface area (Å²) in [5.74, 6) is 0. The summed E-state index contributed by atoms with van der Waals surface area (Å²) in [5.41, 5.74) is 5.71. The standard InChI is InChI=1S/C7H16N2/c1-7(2,8)5-9-6-3-4-6/h6,9H,3-5,8H2,1-2H3. The molecular weight excluding hydrogens is 112 g/mol. The first-order valence-corrected chi connectivity index (χ1v) is 3.60. The quantitative estimate of drug-likeness (QED) is 0.580. The third-order valence-corrected chi connectivity index (χ3v) is 1.42. The van der Waals surface area contributed by atoms with Crippen molar-refractivity contribution in [1.29, 1.82) is 0 Å². The van der Waals surface area contributed by atoms with Crippen LogP contribution in [0.15, 0.2) is 0 Å². The Bertz CT molecular complexity index is 89.6. The Balaban J connectivity index is 2.03. The first kappa shape index (κ1) is 7.03.